The van der Waals surface area contributed by atoms with Crippen LogP contribution in [0, 0.1) is 11.4 Å². The summed E-state index contributed by atoms with van der Waals surface area (Å²) >= 11 is 0. The van der Waals surface area contributed by atoms with Crippen molar-refractivity contribution in [1.29, 1.82) is 0 Å². The minimum atomic E-state index is -2.85. The third kappa shape index (κ3) is 2.23. The van der Waals surface area contributed by atoms with Gasteiger partial charge in [0.1, 0.15) is 5.69 Å². The van der Waals surface area contributed by atoms with Crippen LogP contribution in [0.15, 0.2) is 28.0 Å². The third-order valence-electron chi connectivity index (χ3n) is 5.35. The predicted octanol–water partition coefficient (Wildman–Crippen LogP) is 1.15. The number of halogens is 3. The SMILES string of the molecule is O=c1[nH]cc(-c2cc(N3CC(F)(F)C4(CC4)C3)c3ncc(F)n3n2)c(=O)[nH]1. The standard InChI is InChI=1S/C16H13F3N6O2/c17-11-5-20-12-10(24-6-15(1-2-15)16(18,19)7-24)3-9(23-25(11)12)8-4-21-14(27)22-13(8)26/h3-5H,1-2,6-7H2,(H2,21,22,26,27). The zero-order chi connectivity index (χ0) is 19.0. The van der Waals surface area contributed by atoms with Gasteiger partial charge in [0.15, 0.2) is 5.65 Å². The van der Waals surface area contributed by atoms with E-state index < -0.39 is 35.1 Å². The van der Waals surface area contributed by atoms with Gasteiger partial charge >= 0.3 is 5.69 Å². The second-order valence-electron chi connectivity index (χ2n) is 7.06. The fourth-order valence-corrected chi connectivity index (χ4v) is 3.68. The summed E-state index contributed by atoms with van der Waals surface area (Å²) in [5.74, 6) is -3.64. The molecule has 2 fully saturated rings. The summed E-state index contributed by atoms with van der Waals surface area (Å²) in [5.41, 5.74) is -2.10. The maximum absolute atomic E-state index is 14.4. The molecular weight excluding hydrogens is 365 g/mol. The van der Waals surface area contributed by atoms with E-state index in [1.165, 1.54) is 11.0 Å². The van der Waals surface area contributed by atoms with Crippen LogP contribution in [-0.2, 0) is 0 Å². The molecule has 0 radical (unpaired) electrons. The molecule has 1 aliphatic heterocycles. The van der Waals surface area contributed by atoms with E-state index in [9.17, 15) is 22.8 Å². The summed E-state index contributed by atoms with van der Waals surface area (Å²) in [7, 11) is 0. The van der Waals surface area contributed by atoms with Crippen LogP contribution in [0.5, 0.6) is 0 Å². The zero-order valence-corrected chi connectivity index (χ0v) is 13.8. The Morgan fingerprint density at radius 2 is 1.96 bits per heavy atom. The molecule has 8 nitrogen and oxygen atoms in total. The maximum atomic E-state index is 14.4. The van der Waals surface area contributed by atoms with E-state index in [4.69, 9.17) is 0 Å². The number of imidazole rings is 1. The Labute approximate surface area is 148 Å². The second kappa shape index (κ2) is 4.99. The van der Waals surface area contributed by atoms with Crippen molar-refractivity contribution in [1.82, 2.24) is 24.6 Å². The molecule has 0 atom stereocenters. The molecule has 4 heterocycles. The van der Waals surface area contributed by atoms with Crippen LogP contribution in [0.2, 0.25) is 0 Å². The number of aromatic nitrogens is 5. The number of hydrogen-bond donors (Lipinski definition) is 2. The molecule has 140 valence electrons. The highest BCUT2D eigenvalue weighted by atomic mass is 19.3. The number of nitrogens with one attached hydrogen (secondary N) is 2. The Balaban J connectivity index is 1.70. The van der Waals surface area contributed by atoms with Gasteiger partial charge in [-0.2, -0.15) is 14.0 Å². The minimum absolute atomic E-state index is 0.0158. The van der Waals surface area contributed by atoms with Gasteiger partial charge in [0.05, 0.1) is 29.4 Å². The molecule has 0 bridgehead atoms. The lowest BCUT2D eigenvalue weighted by molar-refractivity contribution is -0.0334. The van der Waals surface area contributed by atoms with Crippen LogP contribution in [0.3, 0.4) is 0 Å². The first-order chi connectivity index (χ1) is 12.8. The number of nitrogens with zero attached hydrogens (tertiary/aromatic N) is 4. The topological polar surface area (TPSA) is 99.2 Å². The summed E-state index contributed by atoms with van der Waals surface area (Å²) < 4.78 is 43.8. The lowest BCUT2D eigenvalue weighted by atomic mass is 10.0. The molecule has 2 N–H and O–H groups in total. The lowest BCUT2D eigenvalue weighted by Crippen LogP contribution is -2.28. The summed E-state index contributed by atoms with van der Waals surface area (Å²) in [5, 5.41) is 4.04. The zero-order valence-electron chi connectivity index (χ0n) is 13.8. The van der Waals surface area contributed by atoms with Crippen LogP contribution < -0.4 is 16.1 Å². The number of fused-ring (bicyclic) bond motifs is 1. The molecule has 0 amide bonds. The van der Waals surface area contributed by atoms with Gasteiger partial charge in [-0.15, -0.1) is 0 Å². The van der Waals surface area contributed by atoms with Crippen molar-refractivity contribution >= 4 is 11.3 Å². The summed E-state index contributed by atoms with van der Waals surface area (Å²) in [6, 6.07) is 1.42. The van der Waals surface area contributed by atoms with Gasteiger partial charge < -0.3 is 9.88 Å². The molecule has 5 rings (SSSR count). The third-order valence-corrected chi connectivity index (χ3v) is 5.35. The van der Waals surface area contributed by atoms with Crippen LogP contribution >= 0.6 is 0 Å². The summed E-state index contributed by atoms with van der Waals surface area (Å²) in [6.07, 6.45) is 2.96. The number of hydrogen-bond acceptors (Lipinski definition) is 5. The highest BCUT2D eigenvalue weighted by Gasteiger charge is 2.67. The van der Waals surface area contributed by atoms with Crippen LogP contribution in [0.1, 0.15) is 12.8 Å². The van der Waals surface area contributed by atoms with E-state index in [1.54, 1.807) is 0 Å². The molecule has 3 aromatic heterocycles. The molecule has 1 saturated heterocycles. The molecule has 27 heavy (non-hydrogen) atoms. The van der Waals surface area contributed by atoms with E-state index in [2.05, 4.69) is 20.1 Å². The number of H-pyrrole nitrogens is 2. The Morgan fingerprint density at radius 3 is 2.63 bits per heavy atom. The first-order valence-corrected chi connectivity index (χ1v) is 8.29. The summed E-state index contributed by atoms with van der Waals surface area (Å²) in [4.78, 5) is 33.1. The van der Waals surface area contributed by atoms with Gasteiger partial charge in [-0.3, -0.25) is 9.78 Å². The average Bonchev–Trinajstić information content (AvgIpc) is 3.24. The Hall–Kier alpha value is -3.11. The number of rotatable bonds is 2. The van der Waals surface area contributed by atoms with Crippen LogP contribution in [-0.4, -0.2) is 43.6 Å². The molecule has 1 aliphatic carbocycles. The molecule has 0 aromatic carbocycles. The van der Waals surface area contributed by atoms with Gasteiger partial charge in [0.2, 0.25) is 5.95 Å². The number of anilines is 1. The minimum Gasteiger partial charge on any atom is -0.362 e. The molecule has 3 aromatic rings. The highest BCUT2D eigenvalue weighted by molar-refractivity contribution is 5.75. The van der Waals surface area contributed by atoms with Crippen molar-refractivity contribution in [2.45, 2.75) is 18.8 Å². The largest absolute Gasteiger partial charge is 0.362 e. The van der Waals surface area contributed by atoms with Gasteiger partial charge in [0.25, 0.3) is 11.5 Å². The van der Waals surface area contributed by atoms with E-state index in [0.717, 1.165) is 16.9 Å². The Kier molecular flexibility index (Phi) is 2.97. The van der Waals surface area contributed by atoms with E-state index in [-0.39, 0.29) is 29.1 Å². The highest BCUT2D eigenvalue weighted by Crippen LogP contribution is 2.61. The van der Waals surface area contributed by atoms with Crippen molar-refractivity contribution in [3.63, 3.8) is 0 Å². The van der Waals surface area contributed by atoms with E-state index in [0.29, 0.717) is 12.8 Å². The molecule has 11 heteroatoms. The van der Waals surface area contributed by atoms with Gasteiger partial charge in [0, 0.05) is 12.7 Å². The van der Waals surface area contributed by atoms with E-state index in [1.807, 2.05) is 0 Å². The first kappa shape index (κ1) is 16.1. The lowest BCUT2D eigenvalue weighted by Gasteiger charge is -2.19. The van der Waals surface area contributed by atoms with Crippen molar-refractivity contribution in [2.75, 3.05) is 18.0 Å². The summed E-state index contributed by atoms with van der Waals surface area (Å²) in [6.45, 7) is -0.391. The molecular formula is C16H13F3N6O2. The smallest absolute Gasteiger partial charge is 0.325 e. The molecule has 1 spiro atoms. The monoisotopic (exact) mass is 378 g/mol. The second-order valence-corrected chi connectivity index (χ2v) is 7.06. The van der Waals surface area contributed by atoms with Gasteiger partial charge in [-0.1, -0.05) is 0 Å². The van der Waals surface area contributed by atoms with Gasteiger partial charge in [-0.25, -0.2) is 18.6 Å². The molecule has 2 aliphatic rings. The quantitative estimate of drug-likeness (QED) is 0.697. The number of aromatic amines is 2. The van der Waals surface area contributed by atoms with Crippen LogP contribution in [0.25, 0.3) is 16.9 Å². The average molecular weight is 378 g/mol. The maximum Gasteiger partial charge on any atom is 0.325 e. The normalized spacial score (nSPS) is 19.9. The van der Waals surface area contributed by atoms with E-state index >= 15 is 0 Å². The van der Waals surface area contributed by atoms with Crippen molar-refractivity contribution in [2.24, 2.45) is 5.41 Å². The number of alkyl halides is 2. The first-order valence-electron chi connectivity index (χ1n) is 8.29. The molecule has 1 saturated carbocycles. The van der Waals surface area contributed by atoms with Crippen molar-refractivity contribution < 1.29 is 13.2 Å². The molecule has 0 unspecified atom stereocenters. The van der Waals surface area contributed by atoms with Crippen molar-refractivity contribution in [3.05, 3.63) is 45.2 Å². The van der Waals surface area contributed by atoms with Crippen molar-refractivity contribution in [3.8, 4) is 11.3 Å². The Morgan fingerprint density at radius 1 is 1.19 bits per heavy atom. The van der Waals surface area contributed by atoms with Gasteiger partial charge in [-0.05, 0) is 18.9 Å². The fourth-order valence-electron chi connectivity index (χ4n) is 3.68. The Bertz CT molecular complexity index is 1190. The predicted molar refractivity (Wildman–Crippen MR) is 88.4 cm³/mol. The fraction of sp³-hybridized carbons (Fsp3) is 0.375. The van der Waals surface area contributed by atoms with Crippen LogP contribution in [0.4, 0.5) is 18.9 Å².